The van der Waals surface area contributed by atoms with Gasteiger partial charge in [-0.1, -0.05) is 6.07 Å². The van der Waals surface area contributed by atoms with Gasteiger partial charge in [-0.3, -0.25) is 5.32 Å². The maximum absolute atomic E-state index is 11.8. The molecule has 22 heavy (non-hydrogen) atoms. The zero-order valence-corrected chi connectivity index (χ0v) is 13.7. The molecule has 5 heteroatoms. The van der Waals surface area contributed by atoms with E-state index < -0.39 is 11.7 Å². The summed E-state index contributed by atoms with van der Waals surface area (Å²) >= 11 is 0. The second-order valence-corrected chi connectivity index (χ2v) is 6.96. The number of carbonyl (C=O) groups excluding carboxylic acids is 1. The number of carbonyl (C=O) groups is 1. The summed E-state index contributed by atoms with van der Waals surface area (Å²) in [6, 6.07) is 8.51. The van der Waals surface area contributed by atoms with E-state index in [0.29, 0.717) is 12.1 Å². The fraction of sp³-hybridized carbons (Fsp3) is 0.588. The zero-order chi connectivity index (χ0) is 16.2. The summed E-state index contributed by atoms with van der Waals surface area (Å²) in [6.07, 6.45) is 3.87. The largest absolute Gasteiger partial charge is 0.444 e. The van der Waals surface area contributed by atoms with Crippen molar-refractivity contribution in [1.82, 2.24) is 0 Å². The van der Waals surface area contributed by atoms with Gasteiger partial charge in [0, 0.05) is 23.5 Å². The first-order valence-corrected chi connectivity index (χ1v) is 7.94. The van der Waals surface area contributed by atoms with E-state index in [1.807, 2.05) is 45.0 Å². The molecular formula is C17H27N3O2. The number of ether oxygens (including phenoxy) is 1. The minimum Gasteiger partial charge on any atom is -0.444 e. The van der Waals surface area contributed by atoms with Crippen molar-refractivity contribution in [3.63, 3.8) is 0 Å². The molecule has 5 nitrogen and oxygen atoms in total. The van der Waals surface area contributed by atoms with Gasteiger partial charge in [-0.15, -0.1) is 0 Å². The molecule has 122 valence electrons. The van der Waals surface area contributed by atoms with Gasteiger partial charge in [-0.2, -0.15) is 0 Å². The summed E-state index contributed by atoms with van der Waals surface area (Å²) in [4.78, 5) is 11.8. The second kappa shape index (κ2) is 7.01. The van der Waals surface area contributed by atoms with Crippen molar-refractivity contribution >= 4 is 17.5 Å². The number of benzene rings is 1. The first-order chi connectivity index (χ1) is 10.3. The molecule has 0 aliphatic heterocycles. The molecule has 0 spiro atoms. The third-order valence-electron chi connectivity index (χ3n) is 3.65. The molecule has 0 radical (unpaired) electrons. The standard InChI is InChI=1S/C17H27N3O2/c1-17(2,3)22-16(21)20-15-6-4-5-14(11-15)19-13-9-7-12(18)8-10-13/h4-6,11-13,19H,7-10,18H2,1-3H3,(H,20,21). The van der Waals surface area contributed by atoms with Crippen molar-refractivity contribution in [2.45, 2.75) is 64.1 Å². The Kier molecular flexibility index (Phi) is 5.29. The highest BCUT2D eigenvalue weighted by molar-refractivity contribution is 5.85. The Morgan fingerprint density at radius 3 is 2.45 bits per heavy atom. The van der Waals surface area contributed by atoms with Crippen LogP contribution in [0.2, 0.25) is 0 Å². The maximum Gasteiger partial charge on any atom is 0.412 e. The first kappa shape index (κ1) is 16.6. The molecule has 2 rings (SSSR count). The Labute approximate surface area is 132 Å². The van der Waals surface area contributed by atoms with E-state index in [9.17, 15) is 4.79 Å². The summed E-state index contributed by atoms with van der Waals surface area (Å²) in [5.41, 5.74) is 7.17. The molecule has 0 aromatic heterocycles. The maximum atomic E-state index is 11.8. The molecule has 1 saturated carbocycles. The molecule has 0 saturated heterocycles. The summed E-state index contributed by atoms with van der Waals surface area (Å²) in [5.74, 6) is 0. The van der Waals surface area contributed by atoms with Crippen LogP contribution in [0.1, 0.15) is 46.5 Å². The normalized spacial score (nSPS) is 22.0. The van der Waals surface area contributed by atoms with Gasteiger partial charge in [-0.05, 0) is 64.7 Å². The van der Waals surface area contributed by atoms with E-state index in [4.69, 9.17) is 10.5 Å². The minimum atomic E-state index is -0.499. The lowest BCUT2D eigenvalue weighted by Gasteiger charge is -2.27. The van der Waals surface area contributed by atoms with Crippen LogP contribution >= 0.6 is 0 Å². The molecule has 1 amide bonds. The number of hydrogen-bond acceptors (Lipinski definition) is 4. The Morgan fingerprint density at radius 2 is 1.82 bits per heavy atom. The molecule has 0 heterocycles. The van der Waals surface area contributed by atoms with Crippen LogP contribution in [0.5, 0.6) is 0 Å². The Hall–Kier alpha value is -1.75. The lowest BCUT2D eigenvalue weighted by Crippen LogP contribution is -2.32. The molecular weight excluding hydrogens is 278 g/mol. The van der Waals surface area contributed by atoms with Gasteiger partial charge in [0.15, 0.2) is 0 Å². The summed E-state index contributed by atoms with van der Waals surface area (Å²) in [6.45, 7) is 5.54. The third kappa shape index (κ3) is 5.56. The van der Waals surface area contributed by atoms with Crippen LogP contribution in [0, 0.1) is 0 Å². The van der Waals surface area contributed by atoms with E-state index in [0.717, 1.165) is 37.1 Å². The Balaban J connectivity index is 1.91. The third-order valence-corrected chi connectivity index (χ3v) is 3.65. The van der Waals surface area contributed by atoms with E-state index in [2.05, 4.69) is 10.6 Å². The summed E-state index contributed by atoms with van der Waals surface area (Å²) in [5, 5.41) is 6.28. The van der Waals surface area contributed by atoms with Gasteiger partial charge in [0.2, 0.25) is 0 Å². The zero-order valence-electron chi connectivity index (χ0n) is 13.7. The van der Waals surface area contributed by atoms with Crippen molar-refractivity contribution in [2.24, 2.45) is 5.73 Å². The number of anilines is 2. The van der Waals surface area contributed by atoms with Crippen molar-refractivity contribution in [2.75, 3.05) is 10.6 Å². The molecule has 1 aromatic carbocycles. The molecule has 1 fully saturated rings. The smallest absolute Gasteiger partial charge is 0.412 e. The van der Waals surface area contributed by atoms with Gasteiger partial charge in [0.05, 0.1) is 0 Å². The first-order valence-electron chi connectivity index (χ1n) is 7.94. The van der Waals surface area contributed by atoms with Gasteiger partial charge >= 0.3 is 6.09 Å². The van der Waals surface area contributed by atoms with Crippen LogP contribution in [0.25, 0.3) is 0 Å². The van der Waals surface area contributed by atoms with E-state index in [1.165, 1.54) is 0 Å². The summed E-state index contributed by atoms with van der Waals surface area (Å²) < 4.78 is 5.26. The molecule has 1 aliphatic carbocycles. The van der Waals surface area contributed by atoms with E-state index in [-0.39, 0.29) is 0 Å². The molecule has 4 N–H and O–H groups in total. The monoisotopic (exact) mass is 305 g/mol. The highest BCUT2D eigenvalue weighted by atomic mass is 16.6. The fourth-order valence-corrected chi connectivity index (χ4v) is 2.61. The number of amides is 1. The summed E-state index contributed by atoms with van der Waals surface area (Å²) in [7, 11) is 0. The van der Waals surface area contributed by atoms with Gasteiger partial charge in [-0.25, -0.2) is 4.79 Å². The number of nitrogens with one attached hydrogen (secondary N) is 2. The second-order valence-electron chi connectivity index (χ2n) is 6.96. The highest BCUT2D eigenvalue weighted by Gasteiger charge is 2.19. The van der Waals surface area contributed by atoms with Crippen LogP contribution in [0.3, 0.4) is 0 Å². The van der Waals surface area contributed by atoms with Crippen molar-refractivity contribution < 1.29 is 9.53 Å². The molecule has 1 aliphatic rings. The van der Waals surface area contributed by atoms with Gasteiger partial charge in [0.25, 0.3) is 0 Å². The van der Waals surface area contributed by atoms with Crippen LogP contribution in [0.4, 0.5) is 16.2 Å². The molecule has 0 atom stereocenters. The minimum absolute atomic E-state index is 0.346. The number of rotatable bonds is 3. The number of nitrogens with two attached hydrogens (primary N) is 1. The van der Waals surface area contributed by atoms with Crippen LogP contribution in [-0.2, 0) is 4.74 Å². The predicted molar refractivity (Wildman–Crippen MR) is 90.2 cm³/mol. The Morgan fingerprint density at radius 1 is 1.18 bits per heavy atom. The van der Waals surface area contributed by atoms with Crippen molar-refractivity contribution in [3.8, 4) is 0 Å². The van der Waals surface area contributed by atoms with Crippen LogP contribution < -0.4 is 16.4 Å². The lowest BCUT2D eigenvalue weighted by atomic mass is 9.91. The lowest BCUT2D eigenvalue weighted by molar-refractivity contribution is 0.0636. The fourth-order valence-electron chi connectivity index (χ4n) is 2.61. The molecule has 1 aromatic rings. The van der Waals surface area contributed by atoms with Gasteiger partial charge in [0.1, 0.15) is 5.60 Å². The topological polar surface area (TPSA) is 76.4 Å². The quantitative estimate of drug-likeness (QED) is 0.795. The molecule has 0 unspecified atom stereocenters. The average Bonchev–Trinajstić information content (AvgIpc) is 2.39. The van der Waals surface area contributed by atoms with Crippen molar-refractivity contribution in [1.29, 1.82) is 0 Å². The van der Waals surface area contributed by atoms with E-state index >= 15 is 0 Å². The van der Waals surface area contributed by atoms with Crippen LogP contribution in [0.15, 0.2) is 24.3 Å². The average molecular weight is 305 g/mol. The van der Waals surface area contributed by atoms with Crippen LogP contribution in [-0.4, -0.2) is 23.8 Å². The predicted octanol–water partition coefficient (Wildman–Crippen LogP) is 3.72. The highest BCUT2D eigenvalue weighted by Crippen LogP contribution is 2.23. The SMILES string of the molecule is CC(C)(C)OC(=O)Nc1cccc(NC2CCC(N)CC2)c1. The number of hydrogen-bond donors (Lipinski definition) is 3. The molecule has 0 bridgehead atoms. The Bertz CT molecular complexity index is 503. The van der Waals surface area contributed by atoms with Gasteiger partial charge < -0.3 is 15.8 Å². The van der Waals surface area contributed by atoms with E-state index in [1.54, 1.807) is 0 Å². The van der Waals surface area contributed by atoms with Crippen molar-refractivity contribution in [3.05, 3.63) is 24.3 Å².